The summed E-state index contributed by atoms with van der Waals surface area (Å²) in [5.41, 5.74) is -0.113. The molecule has 0 saturated carbocycles. The van der Waals surface area contributed by atoms with E-state index in [9.17, 15) is 4.79 Å². The molecule has 1 aliphatic heterocycles. The summed E-state index contributed by atoms with van der Waals surface area (Å²) in [6.45, 7) is 9.88. The molecule has 2 heterocycles. The maximum atomic E-state index is 12.5. The van der Waals surface area contributed by atoms with Crippen molar-refractivity contribution in [2.45, 2.75) is 46.1 Å². The van der Waals surface area contributed by atoms with E-state index in [4.69, 9.17) is 0 Å². The van der Waals surface area contributed by atoms with Gasteiger partial charge in [0.05, 0.1) is 0 Å². The van der Waals surface area contributed by atoms with Crippen LogP contribution in [0.5, 0.6) is 0 Å². The molecule has 0 unspecified atom stereocenters. The van der Waals surface area contributed by atoms with E-state index in [0.717, 1.165) is 37.6 Å². The fraction of sp³-hybridized carbons (Fsp3) is 0.688. The first-order valence-electron chi connectivity index (χ1n) is 7.61. The lowest BCUT2D eigenvalue weighted by Gasteiger charge is -2.38. The molecule has 1 fully saturated rings. The van der Waals surface area contributed by atoms with Crippen LogP contribution in [0.3, 0.4) is 0 Å². The monoisotopic (exact) mass is 290 g/mol. The first kappa shape index (κ1) is 15.7. The Hall–Kier alpha value is -1.65. The van der Waals surface area contributed by atoms with Crippen molar-refractivity contribution in [1.29, 1.82) is 0 Å². The lowest BCUT2D eigenvalue weighted by atomic mass is 9.93. The molecule has 0 N–H and O–H groups in total. The van der Waals surface area contributed by atoms with Crippen LogP contribution < -0.4 is 4.90 Å². The Morgan fingerprint density at radius 2 is 1.95 bits per heavy atom. The quantitative estimate of drug-likeness (QED) is 0.838. The second kappa shape index (κ2) is 6.00. The zero-order valence-electron chi connectivity index (χ0n) is 13.8. The van der Waals surface area contributed by atoms with E-state index in [1.54, 1.807) is 6.20 Å². The van der Waals surface area contributed by atoms with E-state index >= 15 is 0 Å². The number of aryl methyl sites for hydroxylation is 1. The second-order valence-corrected chi connectivity index (χ2v) is 6.79. The molecule has 1 amide bonds. The van der Waals surface area contributed by atoms with E-state index in [-0.39, 0.29) is 17.4 Å². The predicted octanol–water partition coefficient (Wildman–Crippen LogP) is 2.26. The first-order chi connectivity index (χ1) is 9.79. The number of carbonyl (C=O) groups excluding carboxylic acids is 1. The summed E-state index contributed by atoms with van der Waals surface area (Å²) in [4.78, 5) is 25.2. The zero-order chi connectivity index (χ0) is 15.6. The van der Waals surface area contributed by atoms with Crippen LogP contribution in [-0.2, 0) is 4.79 Å². The largest absolute Gasteiger partial charge is 0.356 e. The van der Waals surface area contributed by atoms with Gasteiger partial charge in [0, 0.05) is 37.8 Å². The fourth-order valence-corrected chi connectivity index (χ4v) is 2.58. The van der Waals surface area contributed by atoms with Crippen molar-refractivity contribution in [2.24, 2.45) is 5.92 Å². The van der Waals surface area contributed by atoms with Crippen molar-refractivity contribution in [1.82, 2.24) is 14.9 Å². The minimum Gasteiger partial charge on any atom is -0.356 e. The molecule has 21 heavy (non-hydrogen) atoms. The molecule has 1 aromatic heterocycles. The van der Waals surface area contributed by atoms with Gasteiger partial charge in [-0.2, -0.15) is 0 Å². The minimum atomic E-state index is -0.113. The number of hydrogen-bond acceptors (Lipinski definition) is 4. The van der Waals surface area contributed by atoms with Gasteiger partial charge in [-0.3, -0.25) is 4.79 Å². The van der Waals surface area contributed by atoms with Crippen molar-refractivity contribution < 1.29 is 4.79 Å². The van der Waals surface area contributed by atoms with Crippen LogP contribution >= 0.6 is 0 Å². The molecule has 1 aromatic rings. The van der Waals surface area contributed by atoms with Gasteiger partial charge in [0.25, 0.3) is 0 Å². The van der Waals surface area contributed by atoms with Crippen LogP contribution in [0.2, 0.25) is 0 Å². The van der Waals surface area contributed by atoms with Crippen molar-refractivity contribution in [3.8, 4) is 0 Å². The molecule has 0 atom stereocenters. The number of carbonyl (C=O) groups is 1. The Labute approximate surface area is 127 Å². The summed E-state index contributed by atoms with van der Waals surface area (Å²) in [6, 6.07) is 1.94. The van der Waals surface area contributed by atoms with Crippen molar-refractivity contribution in [3.63, 3.8) is 0 Å². The fourth-order valence-electron chi connectivity index (χ4n) is 2.58. The average molecular weight is 290 g/mol. The molecule has 2 rings (SSSR count). The number of nitrogens with zero attached hydrogens (tertiary/aromatic N) is 4. The van der Waals surface area contributed by atoms with Gasteiger partial charge in [-0.1, -0.05) is 0 Å². The number of amides is 1. The Morgan fingerprint density at radius 1 is 1.33 bits per heavy atom. The highest BCUT2D eigenvalue weighted by Crippen LogP contribution is 2.25. The molecular formula is C16H26N4O. The number of aromatic nitrogens is 2. The van der Waals surface area contributed by atoms with Gasteiger partial charge in [-0.15, -0.1) is 0 Å². The van der Waals surface area contributed by atoms with Crippen LogP contribution in [0, 0.1) is 12.8 Å². The normalized spacial score (nSPS) is 16.9. The third kappa shape index (κ3) is 3.71. The van der Waals surface area contributed by atoms with Gasteiger partial charge in [-0.05, 0) is 46.6 Å². The topological polar surface area (TPSA) is 49.3 Å². The summed E-state index contributed by atoms with van der Waals surface area (Å²) in [7, 11) is 1.91. The van der Waals surface area contributed by atoms with Crippen LogP contribution in [0.15, 0.2) is 12.3 Å². The number of anilines is 1. The summed E-state index contributed by atoms with van der Waals surface area (Å²) >= 11 is 0. The standard InChI is InChI=1S/C16H26N4O/c1-12-17-9-6-14(18-12)20-10-7-13(8-11-20)15(21)19(5)16(2,3)4/h6,9,13H,7-8,10-11H2,1-5H3. The van der Waals surface area contributed by atoms with Crippen molar-refractivity contribution >= 4 is 11.7 Å². The van der Waals surface area contributed by atoms with E-state index in [2.05, 4.69) is 35.6 Å². The first-order valence-corrected chi connectivity index (χ1v) is 7.61. The van der Waals surface area contributed by atoms with Gasteiger partial charge in [0.15, 0.2) is 0 Å². The van der Waals surface area contributed by atoms with E-state index in [1.807, 2.05) is 24.9 Å². The van der Waals surface area contributed by atoms with E-state index < -0.39 is 0 Å². The van der Waals surface area contributed by atoms with Crippen LogP contribution in [0.25, 0.3) is 0 Å². The Kier molecular flexibility index (Phi) is 4.49. The van der Waals surface area contributed by atoms with Gasteiger partial charge in [-0.25, -0.2) is 9.97 Å². The highest BCUT2D eigenvalue weighted by Gasteiger charge is 2.31. The third-order valence-corrected chi connectivity index (χ3v) is 4.27. The lowest BCUT2D eigenvalue weighted by molar-refractivity contribution is -0.139. The molecule has 0 bridgehead atoms. The van der Waals surface area contributed by atoms with Crippen molar-refractivity contribution in [3.05, 3.63) is 18.1 Å². The Balaban J connectivity index is 1.96. The molecule has 0 radical (unpaired) electrons. The minimum absolute atomic E-state index is 0.113. The number of hydrogen-bond donors (Lipinski definition) is 0. The highest BCUT2D eigenvalue weighted by atomic mass is 16.2. The third-order valence-electron chi connectivity index (χ3n) is 4.27. The Bertz CT molecular complexity index is 501. The van der Waals surface area contributed by atoms with Gasteiger partial charge < -0.3 is 9.80 Å². The molecule has 0 aromatic carbocycles. The number of piperidine rings is 1. The second-order valence-electron chi connectivity index (χ2n) is 6.79. The summed E-state index contributed by atoms with van der Waals surface area (Å²) in [6.07, 6.45) is 3.58. The van der Waals surface area contributed by atoms with Gasteiger partial charge in [0.2, 0.25) is 5.91 Å². The van der Waals surface area contributed by atoms with Crippen LogP contribution in [0.4, 0.5) is 5.82 Å². The molecule has 5 heteroatoms. The molecule has 116 valence electrons. The highest BCUT2D eigenvalue weighted by molar-refractivity contribution is 5.79. The average Bonchev–Trinajstić information content (AvgIpc) is 2.45. The van der Waals surface area contributed by atoms with Gasteiger partial charge >= 0.3 is 0 Å². The molecule has 0 spiro atoms. The SMILES string of the molecule is Cc1nccc(N2CCC(C(=O)N(C)C(C)(C)C)CC2)n1. The molecule has 1 aliphatic rings. The van der Waals surface area contributed by atoms with Crippen molar-refractivity contribution in [2.75, 3.05) is 25.0 Å². The predicted molar refractivity (Wildman–Crippen MR) is 84.2 cm³/mol. The lowest BCUT2D eigenvalue weighted by Crippen LogP contribution is -2.48. The molecule has 0 aliphatic carbocycles. The number of rotatable bonds is 2. The molecule has 5 nitrogen and oxygen atoms in total. The Morgan fingerprint density at radius 3 is 2.48 bits per heavy atom. The van der Waals surface area contributed by atoms with Gasteiger partial charge in [0.1, 0.15) is 11.6 Å². The molecular weight excluding hydrogens is 264 g/mol. The van der Waals surface area contributed by atoms with Crippen LogP contribution in [0.1, 0.15) is 39.4 Å². The zero-order valence-corrected chi connectivity index (χ0v) is 13.8. The summed E-state index contributed by atoms with van der Waals surface area (Å²) in [5, 5.41) is 0. The summed E-state index contributed by atoms with van der Waals surface area (Å²) < 4.78 is 0. The maximum absolute atomic E-state index is 12.5. The van der Waals surface area contributed by atoms with E-state index in [0.29, 0.717) is 0 Å². The van der Waals surface area contributed by atoms with Crippen LogP contribution in [-0.4, -0.2) is 46.5 Å². The maximum Gasteiger partial charge on any atom is 0.225 e. The summed E-state index contributed by atoms with van der Waals surface area (Å²) in [5.74, 6) is 2.16. The van der Waals surface area contributed by atoms with E-state index in [1.165, 1.54) is 0 Å². The smallest absolute Gasteiger partial charge is 0.225 e. The molecule has 1 saturated heterocycles.